The van der Waals surface area contributed by atoms with Gasteiger partial charge in [-0.25, -0.2) is 9.97 Å². The van der Waals surface area contributed by atoms with Gasteiger partial charge in [0.25, 0.3) is 0 Å². The van der Waals surface area contributed by atoms with E-state index in [0.29, 0.717) is 0 Å². The Kier molecular flexibility index (Phi) is 3.42. The van der Waals surface area contributed by atoms with E-state index in [-0.39, 0.29) is 0 Å². The van der Waals surface area contributed by atoms with Crippen LogP contribution in [0.5, 0.6) is 0 Å². The normalized spacial score (nSPS) is 10.8. The topological polar surface area (TPSA) is 37.8 Å². The monoisotopic (exact) mass is 269 g/mol. The van der Waals surface area contributed by atoms with Gasteiger partial charge in [0.15, 0.2) is 0 Å². The molecule has 0 amide bonds. The molecule has 0 unspecified atom stereocenters. The summed E-state index contributed by atoms with van der Waals surface area (Å²) in [6, 6.07) is 10.1. The molecule has 2 aromatic heterocycles. The van der Waals surface area contributed by atoms with Crippen LogP contribution in [0.2, 0.25) is 0 Å². The molecule has 4 heteroatoms. The van der Waals surface area contributed by atoms with Gasteiger partial charge in [-0.2, -0.15) is 11.3 Å². The molecular formula is C15H15N3S. The summed E-state index contributed by atoms with van der Waals surface area (Å²) in [5.41, 5.74) is 4.20. The van der Waals surface area contributed by atoms with E-state index >= 15 is 0 Å². The van der Waals surface area contributed by atoms with Gasteiger partial charge in [0.1, 0.15) is 5.82 Å². The summed E-state index contributed by atoms with van der Waals surface area (Å²) in [6.07, 6.45) is 1.01. The summed E-state index contributed by atoms with van der Waals surface area (Å²) in [6.45, 7) is 2.87. The largest absolute Gasteiger partial charge is 0.368 e. The van der Waals surface area contributed by atoms with E-state index in [9.17, 15) is 0 Å². The number of anilines is 1. The Morgan fingerprint density at radius 3 is 2.63 bits per heavy atom. The molecule has 0 aliphatic heterocycles. The van der Waals surface area contributed by atoms with E-state index in [1.54, 1.807) is 11.3 Å². The van der Waals surface area contributed by atoms with E-state index in [4.69, 9.17) is 0 Å². The maximum absolute atomic E-state index is 4.62. The second kappa shape index (κ2) is 5.36. The highest BCUT2D eigenvalue weighted by Crippen LogP contribution is 2.16. The zero-order valence-corrected chi connectivity index (χ0v) is 11.6. The molecule has 96 valence electrons. The van der Waals surface area contributed by atoms with Crippen LogP contribution >= 0.6 is 11.3 Å². The quantitative estimate of drug-likeness (QED) is 0.785. The highest BCUT2D eigenvalue weighted by molar-refractivity contribution is 7.07. The van der Waals surface area contributed by atoms with Crippen LogP contribution in [0.25, 0.3) is 11.0 Å². The van der Waals surface area contributed by atoms with Gasteiger partial charge in [-0.05, 0) is 47.9 Å². The Morgan fingerprint density at radius 2 is 1.89 bits per heavy atom. The first kappa shape index (κ1) is 12.1. The number of thiophene rings is 1. The first-order valence-electron chi connectivity index (χ1n) is 6.31. The molecule has 3 nitrogen and oxygen atoms in total. The maximum Gasteiger partial charge on any atom is 0.148 e. The van der Waals surface area contributed by atoms with Crippen molar-refractivity contribution in [3.8, 4) is 0 Å². The summed E-state index contributed by atoms with van der Waals surface area (Å²) in [5.74, 6) is 0.883. The van der Waals surface area contributed by atoms with Gasteiger partial charge in [-0.15, -0.1) is 0 Å². The lowest BCUT2D eigenvalue weighted by molar-refractivity contribution is 1.00. The third kappa shape index (κ3) is 2.74. The van der Waals surface area contributed by atoms with Crippen molar-refractivity contribution in [2.45, 2.75) is 13.3 Å². The SMILES string of the molecule is Cc1nc2ccccc2nc1NCCc1ccsc1. The molecule has 1 aromatic carbocycles. The van der Waals surface area contributed by atoms with Crippen LogP contribution in [-0.2, 0) is 6.42 Å². The lowest BCUT2D eigenvalue weighted by atomic mass is 10.2. The highest BCUT2D eigenvalue weighted by atomic mass is 32.1. The number of hydrogen-bond acceptors (Lipinski definition) is 4. The number of rotatable bonds is 4. The molecule has 0 atom stereocenters. The van der Waals surface area contributed by atoms with Crippen LogP contribution in [-0.4, -0.2) is 16.5 Å². The number of fused-ring (bicyclic) bond motifs is 1. The van der Waals surface area contributed by atoms with Gasteiger partial charge in [-0.1, -0.05) is 12.1 Å². The van der Waals surface area contributed by atoms with Crippen molar-refractivity contribution >= 4 is 28.2 Å². The third-order valence-electron chi connectivity index (χ3n) is 3.03. The lowest BCUT2D eigenvalue weighted by Crippen LogP contribution is -2.08. The maximum atomic E-state index is 4.62. The van der Waals surface area contributed by atoms with Gasteiger partial charge >= 0.3 is 0 Å². The lowest BCUT2D eigenvalue weighted by Gasteiger charge is -2.08. The van der Waals surface area contributed by atoms with Crippen molar-refractivity contribution < 1.29 is 0 Å². The number of benzene rings is 1. The fourth-order valence-electron chi connectivity index (χ4n) is 2.02. The fourth-order valence-corrected chi connectivity index (χ4v) is 2.72. The second-order valence-corrected chi connectivity index (χ2v) is 5.23. The van der Waals surface area contributed by atoms with Crippen LogP contribution in [0, 0.1) is 6.92 Å². The van der Waals surface area contributed by atoms with Crippen molar-refractivity contribution in [3.63, 3.8) is 0 Å². The van der Waals surface area contributed by atoms with E-state index in [1.807, 2.05) is 31.2 Å². The van der Waals surface area contributed by atoms with Crippen LogP contribution in [0.3, 0.4) is 0 Å². The van der Waals surface area contributed by atoms with Crippen molar-refractivity contribution in [1.82, 2.24) is 9.97 Å². The number of nitrogens with one attached hydrogen (secondary N) is 1. The van der Waals surface area contributed by atoms with Crippen LogP contribution in [0.15, 0.2) is 41.1 Å². The van der Waals surface area contributed by atoms with Crippen LogP contribution in [0.1, 0.15) is 11.3 Å². The van der Waals surface area contributed by atoms with Gasteiger partial charge < -0.3 is 5.32 Å². The highest BCUT2D eigenvalue weighted by Gasteiger charge is 2.04. The molecule has 3 rings (SSSR count). The molecule has 2 heterocycles. The van der Waals surface area contributed by atoms with Gasteiger partial charge in [0.05, 0.1) is 16.7 Å². The molecule has 0 saturated heterocycles. The molecule has 1 N–H and O–H groups in total. The summed E-state index contributed by atoms with van der Waals surface area (Å²) < 4.78 is 0. The molecule has 0 radical (unpaired) electrons. The minimum Gasteiger partial charge on any atom is -0.368 e. The van der Waals surface area contributed by atoms with Crippen molar-refractivity contribution in [2.75, 3.05) is 11.9 Å². The molecule has 0 fully saturated rings. The minimum atomic E-state index is 0.880. The van der Waals surface area contributed by atoms with E-state index in [0.717, 1.165) is 35.5 Å². The van der Waals surface area contributed by atoms with Crippen molar-refractivity contribution in [1.29, 1.82) is 0 Å². The summed E-state index contributed by atoms with van der Waals surface area (Å²) >= 11 is 1.74. The Hall–Kier alpha value is -1.94. The van der Waals surface area contributed by atoms with E-state index < -0.39 is 0 Å². The van der Waals surface area contributed by atoms with E-state index in [2.05, 4.69) is 32.1 Å². The molecular weight excluding hydrogens is 254 g/mol. The Morgan fingerprint density at radius 1 is 1.11 bits per heavy atom. The molecule has 0 saturated carbocycles. The van der Waals surface area contributed by atoms with Gasteiger partial charge in [-0.3, -0.25) is 0 Å². The predicted octanol–water partition coefficient (Wildman–Crippen LogP) is 3.65. The zero-order valence-electron chi connectivity index (χ0n) is 10.8. The molecule has 0 aliphatic carbocycles. The molecule has 0 bridgehead atoms. The second-order valence-electron chi connectivity index (χ2n) is 4.45. The number of para-hydroxylation sites is 2. The number of aromatic nitrogens is 2. The molecule has 3 aromatic rings. The molecule has 0 spiro atoms. The van der Waals surface area contributed by atoms with Crippen molar-refractivity contribution in [2.24, 2.45) is 0 Å². The molecule has 0 aliphatic rings. The number of hydrogen-bond donors (Lipinski definition) is 1. The Bertz CT molecular complexity index is 677. The number of nitrogens with zero attached hydrogens (tertiary/aromatic N) is 2. The van der Waals surface area contributed by atoms with Crippen LogP contribution in [0.4, 0.5) is 5.82 Å². The van der Waals surface area contributed by atoms with Gasteiger partial charge in [0, 0.05) is 6.54 Å². The Balaban J connectivity index is 1.75. The number of aryl methyl sites for hydroxylation is 1. The Labute approximate surface area is 116 Å². The summed E-state index contributed by atoms with van der Waals surface area (Å²) in [7, 11) is 0. The standard InChI is InChI=1S/C15H15N3S/c1-11-15(16-8-6-12-7-9-19-10-12)18-14-5-3-2-4-13(14)17-11/h2-5,7,9-10H,6,8H2,1H3,(H,16,18). The minimum absolute atomic E-state index is 0.880. The summed E-state index contributed by atoms with van der Waals surface area (Å²) in [5, 5.41) is 7.66. The molecule has 19 heavy (non-hydrogen) atoms. The van der Waals surface area contributed by atoms with Crippen molar-refractivity contribution in [3.05, 3.63) is 52.3 Å². The average Bonchev–Trinajstić information content (AvgIpc) is 2.92. The van der Waals surface area contributed by atoms with Gasteiger partial charge in [0.2, 0.25) is 0 Å². The van der Waals surface area contributed by atoms with Crippen LogP contribution < -0.4 is 5.32 Å². The predicted molar refractivity (Wildman–Crippen MR) is 80.8 cm³/mol. The average molecular weight is 269 g/mol. The fraction of sp³-hybridized carbons (Fsp3) is 0.200. The van der Waals surface area contributed by atoms with E-state index in [1.165, 1.54) is 5.56 Å². The third-order valence-corrected chi connectivity index (χ3v) is 3.76. The zero-order chi connectivity index (χ0) is 13.1. The first-order chi connectivity index (χ1) is 9.33. The smallest absolute Gasteiger partial charge is 0.148 e. The first-order valence-corrected chi connectivity index (χ1v) is 7.25. The summed E-state index contributed by atoms with van der Waals surface area (Å²) in [4.78, 5) is 9.19.